The van der Waals surface area contributed by atoms with Crippen LogP contribution < -0.4 is 5.32 Å². The van der Waals surface area contributed by atoms with E-state index in [-0.39, 0.29) is 29.0 Å². The second-order valence-electron chi connectivity index (χ2n) is 11.3. The van der Waals surface area contributed by atoms with Crippen LogP contribution in [-0.2, 0) is 20.4 Å². The molecule has 0 bridgehead atoms. The molecule has 4 rings (SSSR count). The molecule has 0 aromatic heterocycles. The van der Waals surface area contributed by atoms with E-state index >= 15 is 0 Å². The number of rotatable bonds is 5. The van der Waals surface area contributed by atoms with Crippen molar-refractivity contribution in [2.45, 2.75) is 83.1 Å². The molecule has 0 aromatic rings. The van der Waals surface area contributed by atoms with Gasteiger partial charge in [0.2, 0.25) is 0 Å². The lowest BCUT2D eigenvalue weighted by Gasteiger charge is -2.60. The summed E-state index contributed by atoms with van der Waals surface area (Å²) >= 11 is 0. The fourth-order valence-electron chi connectivity index (χ4n) is 7.90. The quantitative estimate of drug-likeness (QED) is 0.441. The Morgan fingerprint density at radius 1 is 1.18 bits per heavy atom. The van der Waals surface area contributed by atoms with Gasteiger partial charge >= 0.3 is 12.1 Å². The molecule has 4 aliphatic rings. The van der Waals surface area contributed by atoms with E-state index in [1.54, 1.807) is 0 Å². The Balaban J connectivity index is 1.36. The Hall–Kier alpha value is -1.18. The maximum Gasteiger partial charge on any atom is 0.471 e. The van der Waals surface area contributed by atoms with Gasteiger partial charge < -0.3 is 5.32 Å². The molecule has 186 valence electrons. The van der Waals surface area contributed by atoms with Crippen molar-refractivity contribution in [1.29, 1.82) is 0 Å². The van der Waals surface area contributed by atoms with Gasteiger partial charge in [0, 0.05) is 40.2 Å². The van der Waals surface area contributed by atoms with Crippen LogP contribution in [0.4, 0.5) is 13.2 Å². The average Bonchev–Trinajstić information content (AvgIpc) is 3.05. The highest BCUT2D eigenvalue weighted by Crippen LogP contribution is 2.66. The van der Waals surface area contributed by atoms with Crippen LogP contribution in [0.1, 0.15) is 71.6 Å². The van der Waals surface area contributed by atoms with E-state index in [4.69, 9.17) is 0 Å². The van der Waals surface area contributed by atoms with Crippen LogP contribution in [0.15, 0.2) is 12.2 Å². The van der Waals surface area contributed by atoms with Gasteiger partial charge in [-0.25, -0.2) is 0 Å². The van der Waals surface area contributed by atoms with Gasteiger partial charge in [-0.05, 0) is 80.5 Å². The van der Waals surface area contributed by atoms with Crippen molar-refractivity contribution in [1.82, 2.24) is 5.32 Å². The van der Waals surface area contributed by atoms with Crippen molar-refractivity contribution in [3.8, 4) is 0 Å². The second-order valence-corrected chi connectivity index (χ2v) is 13.1. The molecule has 1 amide bonds. The first-order chi connectivity index (χ1) is 15.4. The lowest BCUT2D eigenvalue weighted by molar-refractivity contribution is -0.173. The van der Waals surface area contributed by atoms with Crippen molar-refractivity contribution >= 4 is 22.5 Å². The Morgan fingerprint density at radius 3 is 2.61 bits per heavy atom. The maximum absolute atomic E-state index is 12.9. The minimum Gasteiger partial charge on any atom is -0.348 e. The highest BCUT2D eigenvalue weighted by molar-refractivity contribution is 7.85. The predicted molar refractivity (Wildman–Crippen MR) is 122 cm³/mol. The molecule has 0 radical (unpaired) electrons. The molecule has 0 spiro atoms. The van der Waals surface area contributed by atoms with Crippen LogP contribution >= 0.6 is 0 Å². The SMILES string of the molecule is C=C1C[C@@H]2[C@H](CC[C@]3(C)C(=O)CC[C@@H]23)[C@@]2(C)CC[C@@H]([S@@](=O)CCCNC(=O)C(F)(F)F)CC12. The van der Waals surface area contributed by atoms with Crippen molar-refractivity contribution in [2.24, 2.45) is 34.5 Å². The van der Waals surface area contributed by atoms with Crippen LogP contribution in [0.2, 0.25) is 0 Å². The van der Waals surface area contributed by atoms with Crippen LogP contribution in [0, 0.1) is 34.5 Å². The molecule has 8 heteroatoms. The molecule has 0 heterocycles. The standard InChI is InChI=1S/C25H36F3NO3S/c1-15-13-17-18-5-6-21(30)24(18,3)10-8-19(17)23(2)9-7-16(14-20(15)23)33(32)12-4-11-29-22(31)25(26,27)28/h16-20H,1,4-14H2,2-3H3,(H,29,31)/t16-,17+,18+,19+,20?,23-,24+,33+/m1/s1. The second kappa shape index (κ2) is 8.80. The molecular weight excluding hydrogens is 451 g/mol. The number of hydrogen-bond acceptors (Lipinski definition) is 3. The van der Waals surface area contributed by atoms with Gasteiger partial charge in [-0.1, -0.05) is 26.0 Å². The summed E-state index contributed by atoms with van der Waals surface area (Å²) in [5.41, 5.74) is 1.20. The molecule has 4 fully saturated rings. The summed E-state index contributed by atoms with van der Waals surface area (Å²) in [5.74, 6) is 0.654. The third-order valence-electron chi connectivity index (χ3n) is 9.72. The highest BCUT2D eigenvalue weighted by Gasteiger charge is 2.61. The number of allylic oxidation sites excluding steroid dienone is 1. The van der Waals surface area contributed by atoms with E-state index in [2.05, 4.69) is 20.4 Å². The molecule has 0 saturated heterocycles. The first-order valence-corrected chi connectivity index (χ1v) is 13.7. The molecule has 4 saturated carbocycles. The Labute approximate surface area is 197 Å². The number of carbonyl (C=O) groups excluding carboxylic acids is 2. The van der Waals surface area contributed by atoms with Gasteiger partial charge in [0.15, 0.2) is 0 Å². The predicted octanol–water partition coefficient (Wildman–Crippen LogP) is 4.95. The minimum absolute atomic E-state index is 0.0246. The number of halogens is 3. The zero-order chi connectivity index (χ0) is 24.2. The number of fused-ring (bicyclic) bond motifs is 5. The van der Waals surface area contributed by atoms with Gasteiger partial charge in [-0.3, -0.25) is 13.8 Å². The van der Waals surface area contributed by atoms with E-state index in [1.807, 2.05) is 5.32 Å². The summed E-state index contributed by atoms with van der Waals surface area (Å²) in [5, 5.41) is 1.88. The molecule has 1 unspecified atom stereocenters. The van der Waals surface area contributed by atoms with Crippen molar-refractivity contribution in [2.75, 3.05) is 12.3 Å². The molecule has 0 aliphatic heterocycles. The van der Waals surface area contributed by atoms with Crippen molar-refractivity contribution < 1.29 is 27.0 Å². The molecule has 4 nitrogen and oxygen atoms in total. The number of alkyl halides is 3. The van der Waals surface area contributed by atoms with Gasteiger partial charge in [0.1, 0.15) is 5.78 Å². The zero-order valence-corrected chi connectivity index (χ0v) is 20.5. The van der Waals surface area contributed by atoms with E-state index in [0.29, 0.717) is 41.6 Å². The fourth-order valence-corrected chi connectivity index (χ4v) is 9.45. The van der Waals surface area contributed by atoms with E-state index < -0.39 is 22.9 Å². The number of ketones is 1. The lowest BCUT2D eigenvalue weighted by atomic mass is 9.44. The summed E-state index contributed by atoms with van der Waals surface area (Å²) < 4.78 is 49.8. The number of carbonyl (C=O) groups is 2. The molecule has 33 heavy (non-hydrogen) atoms. The Bertz CT molecular complexity index is 858. The smallest absolute Gasteiger partial charge is 0.348 e. The molecular formula is C25H36F3NO3S. The van der Waals surface area contributed by atoms with Crippen molar-refractivity contribution in [3.05, 3.63) is 12.2 Å². The minimum atomic E-state index is -4.88. The number of nitrogens with one attached hydrogen (secondary N) is 1. The summed E-state index contributed by atoms with van der Waals surface area (Å²) in [4.78, 5) is 23.5. The number of Topliss-reactive ketones (excluding diaryl/α,β-unsaturated/α-hetero) is 1. The largest absolute Gasteiger partial charge is 0.471 e. The summed E-state index contributed by atoms with van der Waals surface area (Å²) in [6.07, 6.45) is 2.78. The molecule has 4 aliphatic carbocycles. The van der Waals surface area contributed by atoms with Crippen LogP contribution in [0.5, 0.6) is 0 Å². The summed E-state index contributed by atoms with van der Waals surface area (Å²) in [6.45, 7) is 8.90. The first kappa shape index (κ1) is 24.9. The Kier molecular flexibility index (Phi) is 6.64. The van der Waals surface area contributed by atoms with Gasteiger partial charge in [-0.15, -0.1) is 0 Å². The summed E-state index contributed by atoms with van der Waals surface area (Å²) in [7, 11) is -1.13. The normalized spacial score (nSPS) is 41.7. The monoisotopic (exact) mass is 487 g/mol. The highest BCUT2D eigenvalue weighted by atomic mass is 32.2. The van der Waals surface area contributed by atoms with Crippen LogP contribution in [0.25, 0.3) is 0 Å². The third kappa shape index (κ3) is 4.34. The van der Waals surface area contributed by atoms with E-state index in [0.717, 1.165) is 44.9 Å². The fraction of sp³-hybridized carbons (Fsp3) is 0.840. The molecule has 1 N–H and O–H groups in total. The van der Waals surface area contributed by atoms with E-state index in [1.165, 1.54) is 5.57 Å². The van der Waals surface area contributed by atoms with Crippen LogP contribution in [-0.4, -0.2) is 39.6 Å². The number of hydrogen-bond donors (Lipinski definition) is 1. The van der Waals surface area contributed by atoms with Crippen LogP contribution in [0.3, 0.4) is 0 Å². The van der Waals surface area contributed by atoms with Gasteiger partial charge in [0.25, 0.3) is 0 Å². The summed E-state index contributed by atoms with van der Waals surface area (Å²) in [6, 6.07) is 0. The molecule has 8 atom stereocenters. The van der Waals surface area contributed by atoms with Gasteiger partial charge in [-0.2, -0.15) is 13.2 Å². The van der Waals surface area contributed by atoms with Crippen molar-refractivity contribution in [3.63, 3.8) is 0 Å². The zero-order valence-electron chi connectivity index (χ0n) is 19.6. The van der Waals surface area contributed by atoms with Gasteiger partial charge in [0.05, 0.1) is 0 Å². The molecule has 0 aromatic carbocycles. The lowest BCUT2D eigenvalue weighted by Crippen LogP contribution is -2.55. The maximum atomic E-state index is 12.9. The topological polar surface area (TPSA) is 63.2 Å². The average molecular weight is 488 g/mol. The third-order valence-corrected chi connectivity index (χ3v) is 11.6. The number of amides is 1. The Morgan fingerprint density at radius 2 is 1.91 bits per heavy atom. The first-order valence-electron chi connectivity index (χ1n) is 12.3. The van der Waals surface area contributed by atoms with E-state index in [9.17, 15) is 27.0 Å².